The summed E-state index contributed by atoms with van der Waals surface area (Å²) in [6.07, 6.45) is 1.51. The average Bonchev–Trinajstić information content (AvgIpc) is 2.81. The summed E-state index contributed by atoms with van der Waals surface area (Å²) in [5, 5.41) is 22.8. The van der Waals surface area contributed by atoms with E-state index in [0.717, 1.165) is 11.1 Å². The molecule has 0 aromatic heterocycles. The van der Waals surface area contributed by atoms with Gasteiger partial charge in [-0.3, -0.25) is 14.9 Å². The number of carbonyl (C=O) groups is 1. The van der Waals surface area contributed by atoms with E-state index in [4.69, 9.17) is 4.74 Å². The second kappa shape index (κ2) is 10.4. The third kappa shape index (κ3) is 6.27. The zero-order valence-electron chi connectivity index (χ0n) is 16.5. The molecule has 7 nitrogen and oxygen atoms in total. The summed E-state index contributed by atoms with van der Waals surface area (Å²) >= 11 is 0. The van der Waals surface area contributed by atoms with Crippen LogP contribution in [-0.4, -0.2) is 10.8 Å². The molecule has 0 atom stereocenters. The highest BCUT2D eigenvalue weighted by atomic mass is 16.6. The molecular formula is C24H19N3O4. The first-order chi connectivity index (χ1) is 15.0. The van der Waals surface area contributed by atoms with E-state index < -0.39 is 10.8 Å². The number of nitriles is 1. The number of non-ortho nitro benzene ring substituents is 1. The largest absolute Gasteiger partial charge is 0.489 e. The smallest absolute Gasteiger partial charge is 0.269 e. The maximum Gasteiger partial charge on any atom is 0.269 e. The maximum absolute atomic E-state index is 12.3. The summed E-state index contributed by atoms with van der Waals surface area (Å²) in [6, 6.07) is 24.5. The molecule has 0 bridgehead atoms. The van der Waals surface area contributed by atoms with Crippen LogP contribution in [0.15, 0.2) is 84.4 Å². The molecule has 1 N–H and O–H groups in total. The lowest BCUT2D eigenvalue weighted by molar-refractivity contribution is -0.384. The van der Waals surface area contributed by atoms with Crippen molar-refractivity contribution in [3.63, 3.8) is 0 Å². The predicted molar refractivity (Wildman–Crippen MR) is 116 cm³/mol. The number of nitrogens with one attached hydrogen (secondary N) is 1. The summed E-state index contributed by atoms with van der Waals surface area (Å²) in [7, 11) is 0. The lowest BCUT2D eigenvalue weighted by Gasteiger charge is -2.07. The molecule has 0 spiro atoms. The Morgan fingerprint density at radius 1 is 1.00 bits per heavy atom. The lowest BCUT2D eigenvalue weighted by atomic mass is 10.1. The van der Waals surface area contributed by atoms with Crippen molar-refractivity contribution in [2.75, 3.05) is 0 Å². The van der Waals surface area contributed by atoms with E-state index in [1.54, 1.807) is 36.4 Å². The summed E-state index contributed by atoms with van der Waals surface area (Å²) in [6.45, 7) is 0.604. The molecule has 0 unspecified atom stereocenters. The van der Waals surface area contributed by atoms with Crippen LogP contribution in [0, 0.1) is 21.4 Å². The van der Waals surface area contributed by atoms with Crippen LogP contribution in [0.5, 0.6) is 5.75 Å². The third-order valence-corrected chi connectivity index (χ3v) is 4.40. The first-order valence-electron chi connectivity index (χ1n) is 9.45. The molecule has 3 rings (SSSR count). The zero-order valence-corrected chi connectivity index (χ0v) is 16.5. The Hall–Kier alpha value is -4.44. The average molecular weight is 413 g/mol. The normalized spacial score (nSPS) is 10.7. The molecule has 0 fully saturated rings. The van der Waals surface area contributed by atoms with E-state index >= 15 is 0 Å². The minimum Gasteiger partial charge on any atom is -0.489 e. The molecule has 7 heteroatoms. The summed E-state index contributed by atoms with van der Waals surface area (Å²) in [5.41, 5.74) is 2.48. The van der Waals surface area contributed by atoms with Crippen LogP contribution in [0.1, 0.15) is 16.7 Å². The van der Waals surface area contributed by atoms with Crippen molar-refractivity contribution in [3.8, 4) is 11.8 Å². The first kappa shape index (κ1) is 21.3. The monoisotopic (exact) mass is 413 g/mol. The van der Waals surface area contributed by atoms with Crippen molar-refractivity contribution < 1.29 is 14.5 Å². The van der Waals surface area contributed by atoms with Crippen LogP contribution in [0.4, 0.5) is 5.69 Å². The van der Waals surface area contributed by atoms with Gasteiger partial charge in [-0.2, -0.15) is 5.26 Å². The molecule has 154 valence electrons. The number of carbonyl (C=O) groups excluding carboxylic acids is 1. The number of benzene rings is 3. The Kier molecular flexibility index (Phi) is 7.12. The van der Waals surface area contributed by atoms with Crippen molar-refractivity contribution in [2.45, 2.75) is 13.2 Å². The molecule has 0 radical (unpaired) electrons. The number of rotatable bonds is 8. The van der Waals surface area contributed by atoms with Crippen LogP contribution < -0.4 is 10.1 Å². The van der Waals surface area contributed by atoms with Crippen LogP contribution in [-0.2, 0) is 17.9 Å². The highest BCUT2D eigenvalue weighted by Crippen LogP contribution is 2.18. The van der Waals surface area contributed by atoms with E-state index in [9.17, 15) is 20.2 Å². The fourth-order valence-electron chi connectivity index (χ4n) is 2.73. The summed E-state index contributed by atoms with van der Waals surface area (Å²) < 4.78 is 5.68. The highest BCUT2D eigenvalue weighted by molar-refractivity contribution is 6.01. The number of hydrogen-bond donors (Lipinski definition) is 1. The van der Waals surface area contributed by atoms with Gasteiger partial charge in [0.25, 0.3) is 11.6 Å². The SMILES string of the molecule is N#CC(=Cc1ccc(OCc2ccc([N+](=O)[O-])cc2)cc1)C(=O)NCc1ccccc1. The van der Waals surface area contributed by atoms with E-state index in [0.29, 0.717) is 17.9 Å². The van der Waals surface area contributed by atoms with Crippen LogP contribution in [0.2, 0.25) is 0 Å². The number of ether oxygens (including phenoxy) is 1. The van der Waals surface area contributed by atoms with Gasteiger partial charge in [-0.1, -0.05) is 42.5 Å². The van der Waals surface area contributed by atoms with Crippen molar-refractivity contribution in [1.82, 2.24) is 5.32 Å². The van der Waals surface area contributed by atoms with Gasteiger partial charge in [0.15, 0.2) is 0 Å². The zero-order chi connectivity index (χ0) is 22.1. The Bertz CT molecular complexity index is 1120. The van der Waals surface area contributed by atoms with Crippen molar-refractivity contribution in [1.29, 1.82) is 5.26 Å². The van der Waals surface area contributed by atoms with E-state index in [2.05, 4.69) is 5.32 Å². The Labute approximate surface area is 179 Å². The second-order valence-electron chi connectivity index (χ2n) is 6.62. The quantitative estimate of drug-likeness (QED) is 0.255. The minimum absolute atomic E-state index is 0.00970. The van der Waals surface area contributed by atoms with Gasteiger partial charge >= 0.3 is 0 Å². The Morgan fingerprint density at radius 2 is 1.68 bits per heavy atom. The predicted octanol–water partition coefficient (Wildman–Crippen LogP) is 4.40. The van der Waals surface area contributed by atoms with Gasteiger partial charge in [-0.25, -0.2) is 0 Å². The fraction of sp³-hybridized carbons (Fsp3) is 0.0833. The van der Waals surface area contributed by atoms with Crippen LogP contribution in [0.25, 0.3) is 6.08 Å². The molecule has 0 aliphatic carbocycles. The molecule has 0 aliphatic heterocycles. The maximum atomic E-state index is 12.3. The van der Waals surface area contributed by atoms with E-state index in [1.165, 1.54) is 18.2 Å². The van der Waals surface area contributed by atoms with Gasteiger partial charge in [0.2, 0.25) is 0 Å². The third-order valence-electron chi connectivity index (χ3n) is 4.40. The topological polar surface area (TPSA) is 105 Å². The number of nitro groups is 1. The van der Waals surface area contributed by atoms with Crippen molar-refractivity contribution in [3.05, 3.63) is 111 Å². The van der Waals surface area contributed by atoms with Gasteiger partial charge in [-0.05, 0) is 47.0 Å². The molecule has 0 saturated heterocycles. The molecule has 3 aromatic carbocycles. The van der Waals surface area contributed by atoms with Gasteiger partial charge in [0.1, 0.15) is 24.0 Å². The summed E-state index contributed by atoms with van der Waals surface area (Å²) in [4.78, 5) is 22.5. The minimum atomic E-state index is -0.450. The fourth-order valence-corrected chi connectivity index (χ4v) is 2.73. The van der Waals surface area contributed by atoms with Crippen LogP contribution >= 0.6 is 0 Å². The van der Waals surface area contributed by atoms with Crippen LogP contribution in [0.3, 0.4) is 0 Å². The molecule has 0 aliphatic rings. The van der Waals surface area contributed by atoms with Gasteiger partial charge in [-0.15, -0.1) is 0 Å². The van der Waals surface area contributed by atoms with Gasteiger partial charge in [0, 0.05) is 18.7 Å². The molecular weight excluding hydrogens is 394 g/mol. The highest BCUT2D eigenvalue weighted by Gasteiger charge is 2.09. The Balaban J connectivity index is 1.57. The lowest BCUT2D eigenvalue weighted by Crippen LogP contribution is -2.23. The molecule has 1 amide bonds. The summed E-state index contributed by atoms with van der Waals surface area (Å²) in [5.74, 6) is 0.160. The molecule has 0 heterocycles. The standard InChI is InChI=1S/C24H19N3O4/c25-15-21(24(28)26-16-19-4-2-1-3-5-19)14-18-8-12-23(13-9-18)31-17-20-6-10-22(11-7-20)27(29)30/h1-14H,16-17H2,(H,26,28). The van der Waals surface area contributed by atoms with Gasteiger partial charge in [0.05, 0.1) is 4.92 Å². The van der Waals surface area contributed by atoms with Gasteiger partial charge < -0.3 is 10.1 Å². The number of nitro benzene ring substituents is 1. The Morgan fingerprint density at radius 3 is 2.29 bits per heavy atom. The molecule has 31 heavy (non-hydrogen) atoms. The number of amides is 1. The van der Waals surface area contributed by atoms with E-state index in [1.807, 2.05) is 36.4 Å². The number of hydrogen-bond acceptors (Lipinski definition) is 5. The molecule has 0 saturated carbocycles. The first-order valence-corrected chi connectivity index (χ1v) is 9.45. The number of nitrogens with zero attached hydrogens (tertiary/aromatic N) is 2. The van der Waals surface area contributed by atoms with E-state index in [-0.39, 0.29) is 17.9 Å². The van der Waals surface area contributed by atoms with Crippen molar-refractivity contribution >= 4 is 17.7 Å². The molecule has 3 aromatic rings. The second-order valence-corrected chi connectivity index (χ2v) is 6.62. The van der Waals surface area contributed by atoms with Crippen molar-refractivity contribution in [2.24, 2.45) is 0 Å².